The molecule has 0 heterocycles. The molecule has 3 nitrogen and oxygen atoms in total. The zero-order valence-electron chi connectivity index (χ0n) is 4.97. The molecule has 0 atom stereocenters. The van der Waals surface area contributed by atoms with Crippen molar-refractivity contribution < 1.29 is 15.3 Å². The van der Waals surface area contributed by atoms with Crippen molar-refractivity contribution in [2.75, 3.05) is 21.3 Å². The molecule has 0 rings (SSSR count). The number of hydrogen-bond acceptors (Lipinski definition) is 3. The van der Waals surface area contributed by atoms with E-state index in [-0.39, 0.29) is 37.7 Å². The Labute approximate surface area is 74.0 Å². The molecule has 7 heavy (non-hydrogen) atoms. The Morgan fingerprint density at radius 2 is 0.857 bits per heavy atom. The Bertz CT molecular complexity index is 10.1. The van der Waals surface area contributed by atoms with Gasteiger partial charge < -0.3 is 15.3 Å². The van der Waals surface area contributed by atoms with Crippen LogP contribution in [0.4, 0.5) is 0 Å². The maximum Gasteiger partial charge on any atom is 2.00 e. The smallest absolute Gasteiger partial charge is 0.857 e. The quantitative estimate of drug-likeness (QED) is 0.363. The average Bonchev–Trinajstić information content (AvgIpc) is 1.81. The van der Waals surface area contributed by atoms with Crippen molar-refractivity contribution >= 4 is 37.7 Å². The zero-order chi connectivity index (χ0) is 6.00. The summed E-state index contributed by atoms with van der Waals surface area (Å²) >= 11 is 0. The fourth-order valence-corrected chi connectivity index (χ4v) is 0. The summed E-state index contributed by atoms with van der Waals surface area (Å²) in [4.78, 5) is 0. The van der Waals surface area contributed by atoms with Crippen molar-refractivity contribution in [1.82, 2.24) is 0 Å². The predicted octanol–water partition coefficient (Wildman–Crippen LogP) is -2.82. The molecule has 0 saturated carbocycles. The van der Waals surface area contributed by atoms with Crippen LogP contribution in [0.5, 0.6) is 0 Å². The molecule has 0 aliphatic heterocycles. The van der Waals surface area contributed by atoms with Crippen LogP contribution in [0.25, 0.3) is 0 Å². The maximum atomic E-state index is 8.25. The van der Waals surface area contributed by atoms with Crippen molar-refractivity contribution in [2.45, 2.75) is 0 Å². The minimum absolute atomic E-state index is 0. The molecule has 0 bridgehead atoms. The van der Waals surface area contributed by atoms with Gasteiger partial charge in [-0.15, -0.1) is 0 Å². The molecule has 0 aliphatic rings. The molecule has 0 radical (unpaired) electrons. The summed E-state index contributed by atoms with van der Waals surface area (Å²) in [6, 6.07) is 0. The molecule has 0 aliphatic carbocycles. The maximum absolute atomic E-state index is 8.25. The van der Waals surface area contributed by atoms with E-state index in [1.165, 1.54) is 0 Å². The minimum Gasteiger partial charge on any atom is -0.857 e. The summed E-state index contributed by atoms with van der Waals surface area (Å²) < 4.78 is 0. The van der Waals surface area contributed by atoms with Gasteiger partial charge in [0.25, 0.3) is 0 Å². The van der Waals surface area contributed by atoms with Gasteiger partial charge >= 0.3 is 37.7 Å². The summed E-state index contributed by atoms with van der Waals surface area (Å²) in [5.41, 5.74) is 0. The average molecular weight is 134 g/mol. The van der Waals surface area contributed by atoms with E-state index in [0.717, 1.165) is 21.3 Å². The minimum atomic E-state index is 0. The van der Waals surface area contributed by atoms with E-state index in [4.69, 9.17) is 15.3 Å². The Hall–Kier alpha value is 1.14. The van der Waals surface area contributed by atoms with Gasteiger partial charge in [0.1, 0.15) is 0 Å². The van der Waals surface area contributed by atoms with Crippen LogP contribution in [-0.4, -0.2) is 64.2 Å². The second-order valence-corrected chi connectivity index (χ2v) is 0. The summed E-state index contributed by atoms with van der Waals surface area (Å²) in [5, 5.41) is 23.5. The van der Waals surface area contributed by atoms with Crippen molar-refractivity contribution in [2.24, 2.45) is 0 Å². The molecule has 0 saturated heterocycles. The van der Waals surface area contributed by atoms with Crippen LogP contribution in [0.2, 0.25) is 0 Å². The van der Waals surface area contributed by atoms with Gasteiger partial charge in [-0.2, -0.15) is 14.2 Å². The van der Waals surface area contributed by atoms with E-state index in [2.05, 4.69) is 0 Å². The van der Waals surface area contributed by atoms with Crippen LogP contribution in [0.15, 0.2) is 0 Å². The van der Waals surface area contributed by atoms with Crippen LogP contribution in [0.1, 0.15) is 0 Å². The van der Waals surface area contributed by atoms with Crippen LogP contribution in [0, 0.1) is 0 Å². The molecule has 0 aromatic rings. The van der Waals surface area contributed by atoms with Gasteiger partial charge in [0.2, 0.25) is 0 Å². The van der Waals surface area contributed by atoms with E-state index >= 15 is 0 Å². The number of hydrogen-bond donors (Lipinski definition) is 1. The topological polar surface area (TPSA) is 66.3 Å². The van der Waals surface area contributed by atoms with Crippen molar-refractivity contribution in [3.8, 4) is 0 Å². The van der Waals surface area contributed by atoms with Crippen molar-refractivity contribution in [1.29, 1.82) is 0 Å². The summed E-state index contributed by atoms with van der Waals surface area (Å²) in [7, 11) is 2.50. The van der Waals surface area contributed by atoms with Gasteiger partial charge in [0.05, 0.1) is 0 Å². The van der Waals surface area contributed by atoms with Crippen LogP contribution < -0.4 is 10.2 Å². The van der Waals surface area contributed by atoms with E-state index in [0.29, 0.717) is 0 Å². The Morgan fingerprint density at radius 3 is 0.857 bits per heavy atom. The van der Waals surface area contributed by atoms with E-state index in [9.17, 15) is 0 Å². The molecule has 0 amide bonds. The van der Waals surface area contributed by atoms with Gasteiger partial charge in [-0.05, 0) is 0 Å². The third-order valence-electron chi connectivity index (χ3n) is 0. The Kier molecular flexibility index (Phi) is 717. The summed E-state index contributed by atoms with van der Waals surface area (Å²) in [5.74, 6) is 0. The van der Waals surface area contributed by atoms with Crippen molar-refractivity contribution in [3.63, 3.8) is 0 Å². The molecule has 42 valence electrons. The predicted molar refractivity (Wildman–Crippen MR) is 25.7 cm³/mol. The molecule has 0 spiro atoms. The third-order valence-corrected chi connectivity index (χ3v) is 0. The largest absolute Gasteiger partial charge is 2.00 e. The second-order valence-electron chi connectivity index (χ2n) is 0. The fraction of sp³-hybridized carbons (Fsp3) is 1.00. The van der Waals surface area contributed by atoms with Crippen LogP contribution in [-0.2, 0) is 0 Å². The van der Waals surface area contributed by atoms with E-state index < -0.39 is 0 Å². The molecular formula is C3H10CaO3. The standard InChI is InChI=1S/CH4O.2CH3O.Ca/c3*1-2;/h2H,1H3;2*1H3;/q;2*-1;+2. The van der Waals surface area contributed by atoms with Crippen LogP contribution in [0.3, 0.4) is 0 Å². The van der Waals surface area contributed by atoms with Gasteiger partial charge in [0.15, 0.2) is 0 Å². The van der Waals surface area contributed by atoms with E-state index in [1.54, 1.807) is 0 Å². The molecule has 0 unspecified atom stereocenters. The molecule has 1 N–H and O–H groups in total. The molecular weight excluding hydrogens is 124 g/mol. The third kappa shape index (κ3) is 145. The summed E-state index contributed by atoms with van der Waals surface area (Å²) in [6.07, 6.45) is 0. The number of rotatable bonds is 0. The molecule has 4 heteroatoms. The van der Waals surface area contributed by atoms with Gasteiger partial charge in [-0.25, -0.2) is 0 Å². The number of aliphatic hydroxyl groups is 1. The monoisotopic (exact) mass is 134 g/mol. The van der Waals surface area contributed by atoms with Gasteiger partial charge in [-0.1, -0.05) is 0 Å². The number of aliphatic hydroxyl groups excluding tert-OH is 1. The molecule has 0 aromatic carbocycles. The zero-order valence-corrected chi connectivity index (χ0v) is 7.18. The SMILES string of the molecule is CO.C[O-].C[O-].[Ca+2]. The summed E-state index contributed by atoms with van der Waals surface area (Å²) in [6.45, 7) is 0. The fourth-order valence-electron chi connectivity index (χ4n) is 0. The first-order chi connectivity index (χ1) is 3.00. The second kappa shape index (κ2) is 207. The molecule has 0 fully saturated rings. The first kappa shape index (κ1) is 24.2. The molecule has 0 aromatic heterocycles. The van der Waals surface area contributed by atoms with Crippen LogP contribution >= 0.6 is 0 Å². The normalized spacial score (nSPS) is 2.57. The first-order valence-electron chi connectivity index (χ1n) is 1.26. The van der Waals surface area contributed by atoms with Gasteiger partial charge in [0, 0.05) is 7.11 Å². The Balaban J connectivity index is -0.00000000900. The first-order valence-corrected chi connectivity index (χ1v) is 1.26. The van der Waals surface area contributed by atoms with Crippen molar-refractivity contribution in [3.05, 3.63) is 0 Å². The Morgan fingerprint density at radius 1 is 0.857 bits per heavy atom. The van der Waals surface area contributed by atoms with E-state index in [1.807, 2.05) is 0 Å². The van der Waals surface area contributed by atoms with Gasteiger partial charge in [-0.3, -0.25) is 0 Å².